The molecule has 0 bridgehead atoms. The fourth-order valence-corrected chi connectivity index (χ4v) is 1.36. The van der Waals surface area contributed by atoms with Crippen LogP contribution in [0.3, 0.4) is 0 Å². The molecule has 0 saturated heterocycles. The predicted octanol–water partition coefficient (Wildman–Crippen LogP) is 3.81. The SMILES string of the molecule is CC(C)CC(=O)c1ccc(C(C)(C)C)o1. The van der Waals surface area contributed by atoms with Gasteiger partial charge in [-0.25, -0.2) is 0 Å². The van der Waals surface area contributed by atoms with E-state index in [2.05, 4.69) is 20.8 Å². The van der Waals surface area contributed by atoms with Gasteiger partial charge in [0, 0.05) is 11.8 Å². The quantitative estimate of drug-likeness (QED) is 0.707. The summed E-state index contributed by atoms with van der Waals surface area (Å²) < 4.78 is 5.56. The van der Waals surface area contributed by atoms with Gasteiger partial charge in [-0.05, 0) is 18.1 Å². The van der Waals surface area contributed by atoms with Crippen LogP contribution in [0, 0.1) is 5.92 Å². The maximum Gasteiger partial charge on any atom is 0.198 e. The van der Waals surface area contributed by atoms with Crippen molar-refractivity contribution in [1.29, 1.82) is 0 Å². The lowest BCUT2D eigenvalue weighted by Crippen LogP contribution is -2.09. The molecule has 0 radical (unpaired) electrons. The van der Waals surface area contributed by atoms with Crippen LogP contribution < -0.4 is 0 Å². The molecule has 0 unspecified atom stereocenters. The lowest BCUT2D eigenvalue weighted by atomic mass is 9.94. The largest absolute Gasteiger partial charge is 0.457 e. The molecule has 1 heterocycles. The Hall–Kier alpha value is -1.05. The summed E-state index contributed by atoms with van der Waals surface area (Å²) in [5.41, 5.74) is -0.0314. The number of furan rings is 1. The number of carbonyl (C=O) groups excluding carboxylic acids is 1. The highest BCUT2D eigenvalue weighted by Crippen LogP contribution is 2.25. The van der Waals surface area contributed by atoms with Gasteiger partial charge in [0.1, 0.15) is 5.76 Å². The first-order chi connectivity index (χ1) is 6.80. The molecule has 0 N–H and O–H groups in total. The average molecular weight is 208 g/mol. The number of hydrogen-bond donors (Lipinski definition) is 0. The molecule has 84 valence electrons. The second kappa shape index (κ2) is 4.21. The van der Waals surface area contributed by atoms with Crippen LogP contribution in [0.5, 0.6) is 0 Å². The number of Topliss-reactive ketones (excluding diaryl/α,β-unsaturated/α-hetero) is 1. The van der Waals surface area contributed by atoms with Crippen molar-refractivity contribution in [2.24, 2.45) is 5.92 Å². The van der Waals surface area contributed by atoms with Crippen molar-refractivity contribution >= 4 is 5.78 Å². The zero-order valence-corrected chi connectivity index (χ0v) is 10.3. The fourth-order valence-electron chi connectivity index (χ4n) is 1.36. The summed E-state index contributed by atoms with van der Waals surface area (Å²) in [7, 11) is 0. The zero-order chi connectivity index (χ0) is 11.6. The summed E-state index contributed by atoms with van der Waals surface area (Å²) >= 11 is 0. The Labute approximate surface area is 91.7 Å². The summed E-state index contributed by atoms with van der Waals surface area (Å²) in [6.45, 7) is 10.3. The van der Waals surface area contributed by atoms with Gasteiger partial charge in [0.25, 0.3) is 0 Å². The molecule has 2 heteroatoms. The number of ketones is 1. The molecule has 1 aromatic heterocycles. The lowest BCUT2D eigenvalue weighted by molar-refractivity contribution is 0.0937. The van der Waals surface area contributed by atoms with Gasteiger partial charge in [0.2, 0.25) is 0 Å². The van der Waals surface area contributed by atoms with Crippen LogP contribution in [-0.2, 0) is 5.41 Å². The summed E-state index contributed by atoms with van der Waals surface area (Å²) in [6, 6.07) is 3.68. The Balaban J connectivity index is 2.81. The molecule has 15 heavy (non-hydrogen) atoms. The van der Waals surface area contributed by atoms with E-state index in [1.165, 1.54) is 0 Å². The van der Waals surface area contributed by atoms with Gasteiger partial charge >= 0.3 is 0 Å². The van der Waals surface area contributed by atoms with Crippen LogP contribution in [0.4, 0.5) is 0 Å². The van der Waals surface area contributed by atoms with E-state index in [0.29, 0.717) is 18.1 Å². The summed E-state index contributed by atoms with van der Waals surface area (Å²) in [6.07, 6.45) is 0.553. The normalized spacial score (nSPS) is 12.1. The van der Waals surface area contributed by atoms with Crippen LogP contribution in [0.2, 0.25) is 0 Å². The summed E-state index contributed by atoms with van der Waals surface area (Å²) in [5.74, 6) is 1.84. The number of rotatable bonds is 3. The Morgan fingerprint density at radius 3 is 2.33 bits per heavy atom. The van der Waals surface area contributed by atoms with E-state index in [1.54, 1.807) is 6.07 Å². The molecule has 0 spiro atoms. The molecule has 0 aromatic carbocycles. The van der Waals surface area contributed by atoms with Gasteiger partial charge in [-0.3, -0.25) is 4.79 Å². The third kappa shape index (κ3) is 3.22. The van der Waals surface area contributed by atoms with Gasteiger partial charge in [0.05, 0.1) is 0 Å². The maximum absolute atomic E-state index is 11.7. The van der Waals surface area contributed by atoms with E-state index in [1.807, 2.05) is 19.9 Å². The molecule has 0 aliphatic carbocycles. The minimum atomic E-state index is -0.0314. The van der Waals surface area contributed by atoms with Crippen molar-refractivity contribution in [2.45, 2.75) is 46.5 Å². The number of carbonyl (C=O) groups is 1. The predicted molar refractivity (Wildman–Crippen MR) is 61.2 cm³/mol. The second-order valence-corrected chi connectivity index (χ2v) is 5.44. The molecule has 0 amide bonds. The second-order valence-electron chi connectivity index (χ2n) is 5.44. The van der Waals surface area contributed by atoms with Crippen molar-refractivity contribution in [1.82, 2.24) is 0 Å². The average Bonchev–Trinajstić information content (AvgIpc) is 2.48. The highest BCUT2D eigenvalue weighted by Gasteiger charge is 2.20. The van der Waals surface area contributed by atoms with Crippen molar-refractivity contribution in [3.63, 3.8) is 0 Å². The van der Waals surface area contributed by atoms with Crippen molar-refractivity contribution in [3.8, 4) is 0 Å². The third-order valence-corrected chi connectivity index (χ3v) is 2.21. The van der Waals surface area contributed by atoms with E-state index in [-0.39, 0.29) is 11.2 Å². The maximum atomic E-state index is 11.7. The van der Waals surface area contributed by atoms with E-state index < -0.39 is 0 Å². The molecular weight excluding hydrogens is 188 g/mol. The van der Waals surface area contributed by atoms with E-state index >= 15 is 0 Å². The first-order valence-corrected chi connectivity index (χ1v) is 5.44. The topological polar surface area (TPSA) is 30.2 Å². The number of hydrogen-bond acceptors (Lipinski definition) is 2. The lowest BCUT2D eigenvalue weighted by Gasteiger charge is -2.14. The van der Waals surface area contributed by atoms with E-state index in [4.69, 9.17) is 4.42 Å². The summed E-state index contributed by atoms with van der Waals surface area (Å²) in [5, 5.41) is 0. The molecule has 0 aliphatic rings. The molecule has 0 saturated carbocycles. The summed E-state index contributed by atoms with van der Waals surface area (Å²) in [4.78, 5) is 11.7. The Kier molecular flexibility index (Phi) is 3.38. The monoisotopic (exact) mass is 208 g/mol. The molecule has 0 aliphatic heterocycles. The van der Waals surface area contributed by atoms with Crippen molar-refractivity contribution in [3.05, 3.63) is 23.7 Å². The minimum Gasteiger partial charge on any atom is -0.457 e. The van der Waals surface area contributed by atoms with Gasteiger partial charge < -0.3 is 4.42 Å². The Morgan fingerprint density at radius 2 is 1.93 bits per heavy atom. The van der Waals surface area contributed by atoms with E-state index in [9.17, 15) is 4.79 Å². The molecule has 2 nitrogen and oxygen atoms in total. The first-order valence-electron chi connectivity index (χ1n) is 5.44. The van der Waals surface area contributed by atoms with Crippen LogP contribution in [0.1, 0.15) is 57.4 Å². The molecule has 1 rings (SSSR count). The van der Waals surface area contributed by atoms with Crippen molar-refractivity contribution in [2.75, 3.05) is 0 Å². The van der Waals surface area contributed by atoms with Crippen LogP contribution >= 0.6 is 0 Å². The van der Waals surface area contributed by atoms with Gasteiger partial charge in [0.15, 0.2) is 11.5 Å². The van der Waals surface area contributed by atoms with Crippen LogP contribution in [0.15, 0.2) is 16.5 Å². The molecule has 0 atom stereocenters. The third-order valence-electron chi connectivity index (χ3n) is 2.21. The first kappa shape index (κ1) is 12.0. The highest BCUT2D eigenvalue weighted by atomic mass is 16.3. The fraction of sp³-hybridized carbons (Fsp3) is 0.615. The Bertz CT molecular complexity index is 340. The van der Waals surface area contributed by atoms with Gasteiger partial charge in [-0.2, -0.15) is 0 Å². The van der Waals surface area contributed by atoms with Gasteiger partial charge in [-0.15, -0.1) is 0 Å². The van der Waals surface area contributed by atoms with Crippen LogP contribution in [0.25, 0.3) is 0 Å². The minimum absolute atomic E-state index is 0.0314. The Morgan fingerprint density at radius 1 is 1.33 bits per heavy atom. The van der Waals surface area contributed by atoms with Crippen molar-refractivity contribution < 1.29 is 9.21 Å². The zero-order valence-electron chi connectivity index (χ0n) is 10.3. The van der Waals surface area contributed by atoms with Crippen LogP contribution in [-0.4, -0.2) is 5.78 Å². The molecule has 1 aromatic rings. The molecular formula is C13H20O2. The molecule has 0 fully saturated rings. The van der Waals surface area contributed by atoms with Gasteiger partial charge in [-0.1, -0.05) is 34.6 Å². The highest BCUT2D eigenvalue weighted by molar-refractivity contribution is 5.93. The van der Waals surface area contributed by atoms with E-state index in [0.717, 1.165) is 5.76 Å². The smallest absolute Gasteiger partial charge is 0.198 e. The standard InChI is InChI=1S/C13H20O2/c1-9(2)8-10(14)11-6-7-12(15-11)13(3,4)5/h6-7,9H,8H2,1-5H3.